The molecule has 2 atom stereocenters. The molecule has 3 rings (SSSR count). The summed E-state index contributed by atoms with van der Waals surface area (Å²) in [5.41, 5.74) is 0.685. The SMILES string of the molecule is O=C(O)COCC(=O)N=C1S[C@H]2CS(=O)(=O)C[C@@H]2N1c1ccc(Cl)cc1. The van der Waals surface area contributed by atoms with Gasteiger partial charge in [0.25, 0.3) is 5.91 Å². The van der Waals surface area contributed by atoms with Crippen LogP contribution in [0.1, 0.15) is 0 Å². The molecule has 2 saturated heterocycles. The third-order valence-electron chi connectivity index (χ3n) is 3.84. The van der Waals surface area contributed by atoms with Crippen molar-refractivity contribution >= 4 is 55.9 Å². The lowest BCUT2D eigenvalue weighted by Crippen LogP contribution is -2.37. The van der Waals surface area contributed by atoms with Gasteiger partial charge in [0.1, 0.15) is 13.2 Å². The number of amidine groups is 1. The van der Waals surface area contributed by atoms with E-state index in [0.717, 1.165) is 0 Å². The molecule has 1 amide bonds. The summed E-state index contributed by atoms with van der Waals surface area (Å²) in [6, 6.07) is 6.49. The van der Waals surface area contributed by atoms with Gasteiger partial charge in [0.05, 0.1) is 17.5 Å². The average Bonchev–Trinajstić information content (AvgIpc) is 2.99. The number of sulfone groups is 1. The van der Waals surface area contributed by atoms with Crippen molar-refractivity contribution in [3.63, 3.8) is 0 Å². The Bertz CT molecular complexity index is 855. The number of hydrogen-bond acceptors (Lipinski definition) is 6. The highest BCUT2D eigenvalue weighted by Crippen LogP contribution is 2.41. The van der Waals surface area contributed by atoms with E-state index in [4.69, 9.17) is 21.4 Å². The number of thioether (sulfide) groups is 1. The number of carbonyl (C=O) groups is 2. The Morgan fingerprint density at radius 1 is 1.27 bits per heavy atom. The Labute approximate surface area is 159 Å². The molecule has 0 spiro atoms. The zero-order valence-corrected chi connectivity index (χ0v) is 15.8. The van der Waals surface area contributed by atoms with Crippen LogP contribution in [0.4, 0.5) is 5.69 Å². The minimum atomic E-state index is -3.15. The quantitative estimate of drug-likeness (QED) is 0.754. The summed E-state index contributed by atoms with van der Waals surface area (Å²) in [4.78, 5) is 28.1. The van der Waals surface area contributed by atoms with Crippen molar-refractivity contribution < 1.29 is 27.9 Å². The molecule has 140 valence electrons. The Morgan fingerprint density at radius 3 is 2.62 bits per heavy atom. The van der Waals surface area contributed by atoms with E-state index >= 15 is 0 Å². The normalized spacial score (nSPS) is 25.4. The van der Waals surface area contributed by atoms with Gasteiger partial charge in [-0.1, -0.05) is 23.4 Å². The van der Waals surface area contributed by atoms with Gasteiger partial charge in [0.2, 0.25) is 0 Å². The lowest BCUT2D eigenvalue weighted by Gasteiger charge is -2.24. The third kappa shape index (κ3) is 4.37. The summed E-state index contributed by atoms with van der Waals surface area (Å²) in [7, 11) is -3.15. The zero-order chi connectivity index (χ0) is 18.9. The molecule has 8 nitrogen and oxygen atoms in total. The molecule has 2 fully saturated rings. The molecular formula is C15H15ClN2O6S2. The van der Waals surface area contributed by atoms with E-state index in [-0.39, 0.29) is 22.8 Å². The van der Waals surface area contributed by atoms with E-state index in [2.05, 4.69) is 4.99 Å². The maximum Gasteiger partial charge on any atom is 0.329 e. The fourth-order valence-corrected chi connectivity index (χ4v) is 6.89. The van der Waals surface area contributed by atoms with E-state index in [1.165, 1.54) is 11.8 Å². The Hall–Kier alpha value is -1.62. The van der Waals surface area contributed by atoms with Gasteiger partial charge in [-0.05, 0) is 24.3 Å². The average molecular weight is 419 g/mol. The van der Waals surface area contributed by atoms with Crippen LogP contribution < -0.4 is 4.90 Å². The number of halogens is 1. The number of rotatable bonds is 5. The molecule has 0 bridgehead atoms. The van der Waals surface area contributed by atoms with Crippen LogP contribution in [0.25, 0.3) is 0 Å². The number of fused-ring (bicyclic) bond motifs is 1. The largest absolute Gasteiger partial charge is 0.480 e. The highest BCUT2D eigenvalue weighted by molar-refractivity contribution is 8.16. The molecule has 2 heterocycles. The van der Waals surface area contributed by atoms with Crippen LogP contribution in [0.3, 0.4) is 0 Å². The van der Waals surface area contributed by atoms with Gasteiger partial charge < -0.3 is 14.7 Å². The van der Waals surface area contributed by atoms with Gasteiger partial charge in [-0.15, -0.1) is 0 Å². The van der Waals surface area contributed by atoms with Crippen molar-refractivity contribution in [2.45, 2.75) is 11.3 Å². The summed E-state index contributed by atoms with van der Waals surface area (Å²) >= 11 is 7.14. The first-order valence-electron chi connectivity index (χ1n) is 7.58. The maximum atomic E-state index is 12.0. The highest BCUT2D eigenvalue weighted by Gasteiger charge is 2.49. The molecule has 11 heteroatoms. The minimum absolute atomic E-state index is 0.0178. The van der Waals surface area contributed by atoms with Crippen LogP contribution in [-0.4, -0.2) is 66.6 Å². The third-order valence-corrected chi connectivity index (χ3v) is 7.30. The fourth-order valence-electron chi connectivity index (χ4n) is 2.83. The van der Waals surface area contributed by atoms with Crippen molar-refractivity contribution in [2.24, 2.45) is 4.99 Å². The van der Waals surface area contributed by atoms with E-state index < -0.39 is 34.9 Å². The second-order valence-electron chi connectivity index (χ2n) is 5.82. The standard InChI is InChI=1S/C15H15ClN2O6S2/c16-9-1-3-10(4-2-9)18-11-7-26(22,23)8-12(11)25-15(18)17-13(19)5-24-6-14(20)21/h1-4,11-12H,5-8H2,(H,20,21)/t11-,12-/m0/s1. The van der Waals surface area contributed by atoms with E-state index in [1.54, 1.807) is 29.2 Å². The van der Waals surface area contributed by atoms with Gasteiger partial charge in [-0.2, -0.15) is 4.99 Å². The number of amides is 1. The lowest BCUT2D eigenvalue weighted by atomic mass is 10.2. The van der Waals surface area contributed by atoms with Crippen LogP contribution in [0, 0.1) is 0 Å². The predicted octanol–water partition coefficient (Wildman–Crippen LogP) is 1.04. The van der Waals surface area contributed by atoms with Crippen molar-refractivity contribution in [3.8, 4) is 0 Å². The Balaban J connectivity index is 1.84. The molecule has 1 aromatic rings. The number of anilines is 1. The Kier molecular flexibility index (Phi) is 5.56. The number of carboxylic acid groups (broad SMARTS) is 1. The molecular weight excluding hydrogens is 404 g/mol. The second-order valence-corrected chi connectivity index (χ2v) is 9.62. The van der Waals surface area contributed by atoms with Crippen LogP contribution >= 0.6 is 23.4 Å². The molecule has 0 aromatic heterocycles. The summed E-state index contributed by atoms with van der Waals surface area (Å²) in [6.07, 6.45) is 0. The molecule has 0 unspecified atom stereocenters. The number of carbonyl (C=O) groups excluding carboxylic acids is 1. The van der Waals surface area contributed by atoms with Gasteiger partial charge in [0.15, 0.2) is 15.0 Å². The summed E-state index contributed by atoms with van der Waals surface area (Å²) < 4.78 is 28.7. The van der Waals surface area contributed by atoms with E-state index in [0.29, 0.717) is 15.9 Å². The van der Waals surface area contributed by atoms with Gasteiger partial charge >= 0.3 is 5.97 Å². The number of nitrogens with zero attached hydrogens (tertiary/aromatic N) is 2. The van der Waals surface area contributed by atoms with E-state index in [1.807, 2.05) is 0 Å². The molecule has 0 radical (unpaired) electrons. The van der Waals surface area contributed by atoms with Crippen molar-refractivity contribution in [1.29, 1.82) is 0 Å². The fraction of sp³-hybridized carbons (Fsp3) is 0.400. The Morgan fingerprint density at radius 2 is 1.96 bits per heavy atom. The summed E-state index contributed by atoms with van der Waals surface area (Å²) in [6.45, 7) is -1.05. The number of hydrogen-bond donors (Lipinski definition) is 1. The topological polar surface area (TPSA) is 113 Å². The molecule has 2 aliphatic rings. The first kappa shape index (κ1) is 19.2. The molecule has 26 heavy (non-hydrogen) atoms. The van der Waals surface area contributed by atoms with Crippen molar-refractivity contribution in [3.05, 3.63) is 29.3 Å². The van der Waals surface area contributed by atoms with Gasteiger partial charge in [-0.3, -0.25) is 4.79 Å². The molecule has 1 aromatic carbocycles. The summed E-state index contributed by atoms with van der Waals surface area (Å²) in [5, 5.41) is 9.22. The monoisotopic (exact) mass is 418 g/mol. The number of ether oxygens (including phenoxy) is 1. The second kappa shape index (κ2) is 7.55. The van der Waals surface area contributed by atoms with Crippen LogP contribution in [0.15, 0.2) is 29.3 Å². The predicted molar refractivity (Wildman–Crippen MR) is 98.6 cm³/mol. The van der Waals surface area contributed by atoms with Crippen LogP contribution in [0.5, 0.6) is 0 Å². The number of aliphatic carboxylic acids is 1. The first-order valence-corrected chi connectivity index (χ1v) is 10.7. The summed E-state index contributed by atoms with van der Waals surface area (Å²) in [5.74, 6) is -1.80. The van der Waals surface area contributed by atoms with Gasteiger partial charge in [-0.25, -0.2) is 13.2 Å². The number of benzene rings is 1. The molecule has 2 aliphatic heterocycles. The van der Waals surface area contributed by atoms with Gasteiger partial charge in [0, 0.05) is 16.0 Å². The number of carboxylic acids is 1. The highest BCUT2D eigenvalue weighted by atomic mass is 35.5. The van der Waals surface area contributed by atoms with Crippen LogP contribution in [0.2, 0.25) is 5.02 Å². The van der Waals surface area contributed by atoms with Crippen molar-refractivity contribution in [1.82, 2.24) is 0 Å². The minimum Gasteiger partial charge on any atom is -0.480 e. The van der Waals surface area contributed by atoms with Crippen molar-refractivity contribution in [2.75, 3.05) is 29.6 Å². The molecule has 1 N–H and O–H groups in total. The van der Waals surface area contributed by atoms with Crippen LogP contribution in [-0.2, 0) is 24.2 Å². The molecule has 0 saturated carbocycles. The zero-order valence-electron chi connectivity index (χ0n) is 13.4. The number of aliphatic imine (C=N–C) groups is 1. The smallest absolute Gasteiger partial charge is 0.329 e. The van der Waals surface area contributed by atoms with E-state index in [9.17, 15) is 18.0 Å². The molecule has 0 aliphatic carbocycles. The first-order chi connectivity index (χ1) is 12.2. The maximum absolute atomic E-state index is 12.0. The lowest BCUT2D eigenvalue weighted by molar-refractivity contribution is -0.143.